The minimum absolute atomic E-state index is 0.0134. The topological polar surface area (TPSA) is 86.7 Å². The van der Waals surface area contributed by atoms with Crippen LogP contribution in [0.5, 0.6) is 0 Å². The molecule has 4 rings (SSSR count). The van der Waals surface area contributed by atoms with Crippen LogP contribution in [0.15, 0.2) is 0 Å². The Labute approximate surface area is 150 Å². The Bertz CT molecular complexity index is 617. The van der Waals surface area contributed by atoms with Crippen LogP contribution in [0.2, 0.25) is 0 Å². The third-order valence-electron chi connectivity index (χ3n) is 6.89. The molecule has 4 saturated carbocycles. The number of carbonyl (C=O) groups is 1. The number of hydrogen-bond acceptors (Lipinski definition) is 4. The van der Waals surface area contributed by atoms with Crippen molar-refractivity contribution in [1.29, 1.82) is 0 Å². The number of fused-ring (bicyclic) bond motifs is 2. The van der Waals surface area contributed by atoms with Crippen molar-refractivity contribution in [3.05, 3.63) is 0 Å². The van der Waals surface area contributed by atoms with Gasteiger partial charge in [0.15, 0.2) is 0 Å². The molecule has 6 nitrogen and oxygen atoms in total. The summed E-state index contributed by atoms with van der Waals surface area (Å²) in [6.07, 6.45) is 9.51. The maximum absolute atomic E-state index is 12.6. The Kier molecular flexibility index (Phi) is 4.61. The van der Waals surface area contributed by atoms with Gasteiger partial charge in [-0.15, -0.1) is 0 Å². The van der Waals surface area contributed by atoms with Gasteiger partial charge < -0.3 is 5.11 Å². The van der Waals surface area contributed by atoms with E-state index in [0.717, 1.165) is 44.6 Å². The van der Waals surface area contributed by atoms with Gasteiger partial charge >= 0.3 is 5.97 Å². The van der Waals surface area contributed by atoms with E-state index in [-0.39, 0.29) is 24.0 Å². The predicted octanol–water partition coefficient (Wildman–Crippen LogP) is 1.81. The molecule has 2 N–H and O–H groups in total. The average Bonchev–Trinajstić information content (AvgIpc) is 3.08. The fourth-order valence-corrected chi connectivity index (χ4v) is 7.34. The highest BCUT2D eigenvalue weighted by Crippen LogP contribution is 2.54. The van der Waals surface area contributed by atoms with Gasteiger partial charge in [-0.05, 0) is 75.0 Å². The average molecular weight is 371 g/mol. The largest absolute Gasteiger partial charge is 0.480 e. The van der Waals surface area contributed by atoms with E-state index in [1.54, 1.807) is 0 Å². The first kappa shape index (κ1) is 17.7. The SMILES string of the molecule is O=C(O)CN(CC1CC1)C1CC(NS(=O)(=O)CC23CCC(CC2)C3)C1. The van der Waals surface area contributed by atoms with E-state index in [9.17, 15) is 13.2 Å². The van der Waals surface area contributed by atoms with Gasteiger partial charge in [0.05, 0.1) is 12.3 Å². The molecule has 2 bridgehead atoms. The molecular formula is C18H30N2O4S. The molecule has 4 aliphatic rings. The number of hydrogen-bond donors (Lipinski definition) is 2. The van der Waals surface area contributed by atoms with E-state index < -0.39 is 16.0 Å². The Balaban J connectivity index is 1.27. The summed E-state index contributed by atoms with van der Waals surface area (Å²) in [5, 5.41) is 9.10. The molecule has 7 heteroatoms. The van der Waals surface area contributed by atoms with Crippen LogP contribution in [0.3, 0.4) is 0 Å². The normalized spacial score (nSPS) is 37.4. The standard InChI is InChI=1S/C18H30N2O4S/c21-17(22)11-20(10-14-1-2-14)16-7-15(8-16)19-25(23,24)12-18-5-3-13(9-18)4-6-18/h13-16,19H,1-12H2,(H,21,22). The molecular weight excluding hydrogens is 340 g/mol. The highest BCUT2D eigenvalue weighted by atomic mass is 32.2. The van der Waals surface area contributed by atoms with Gasteiger partial charge in [0, 0.05) is 18.6 Å². The second-order valence-corrected chi connectivity index (χ2v) is 10.9. The summed E-state index contributed by atoms with van der Waals surface area (Å²) in [5.41, 5.74) is 0.0426. The molecule has 0 aromatic heterocycles. The fraction of sp³-hybridized carbons (Fsp3) is 0.944. The first-order chi connectivity index (χ1) is 11.8. The molecule has 142 valence electrons. The molecule has 0 aliphatic heterocycles. The van der Waals surface area contributed by atoms with Crippen LogP contribution in [-0.4, -0.2) is 55.3 Å². The minimum atomic E-state index is -3.24. The van der Waals surface area contributed by atoms with Crippen molar-refractivity contribution >= 4 is 16.0 Å². The van der Waals surface area contributed by atoms with Crippen molar-refractivity contribution in [3.63, 3.8) is 0 Å². The van der Waals surface area contributed by atoms with E-state index in [0.29, 0.717) is 11.7 Å². The van der Waals surface area contributed by atoms with Crippen molar-refractivity contribution in [1.82, 2.24) is 9.62 Å². The molecule has 0 atom stereocenters. The van der Waals surface area contributed by atoms with Crippen molar-refractivity contribution < 1.29 is 18.3 Å². The van der Waals surface area contributed by atoms with Crippen LogP contribution in [0.1, 0.15) is 57.8 Å². The highest BCUT2D eigenvalue weighted by molar-refractivity contribution is 7.89. The van der Waals surface area contributed by atoms with Crippen LogP contribution in [-0.2, 0) is 14.8 Å². The maximum Gasteiger partial charge on any atom is 0.317 e. The van der Waals surface area contributed by atoms with E-state index in [1.807, 2.05) is 4.90 Å². The summed E-state index contributed by atoms with van der Waals surface area (Å²) in [4.78, 5) is 13.1. The zero-order chi connectivity index (χ0) is 17.7. The second-order valence-electron chi connectivity index (χ2n) is 9.11. The molecule has 0 radical (unpaired) electrons. The zero-order valence-corrected chi connectivity index (χ0v) is 15.6. The molecule has 0 heterocycles. The summed E-state index contributed by atoms with van der Waals surface area (Å²) in [7, 11) is -3.24. The number of sulfonamides is 1. The summed E-state index contributed by atoms with van der Waals surface area (Å²) >= 11 is 0. The Morgan fingerprint density at radius 2 is 1.84 bits per heavy atom. The van der Waals surface area contributed by atoms with Crippen LogP contribution in [0.4, 0.5) is 0 Å². The Morgan fingerprint density at radius 3 is 2.36 bits per heavy atom. The summed E-state index contributed by atoms with van der Waals surface area (Å²) in [6.45, 7) is 0.923. The first-order valence-electron chi connectivity index (χ1n) is 9.78. The number of aliphatic carboxylic acids is 1. The minimum Gasteiger partial charge on any atom is -0.480 e. The van der Waals surface area contributed by atoms with E-state index in [1.165, 1.54) is 25.7 Å². The lowest BCUT2D eigenvalue weighted by Gasteiger charge is -2.43. The molecule has 0 amide bonds. The van der Waals surface area contributed by atoms with E-state index in [2.05, 4.69) is 4.72 Å². The van der Waals surface area contributed by atoms with Crippen molar-refractivity contribution in [3.8, 4) is 0 Å². The van der Waals surface area contributed by atoms with Gasteiger partial charge in [-0.3, -0.25) is 9.69 Å². The summed E-state index contributed by atoms with van der Waals surface area (Å²) < 4.78 is 28.1. The number of nitrogens with one attached hydrogen (secondary N) is 1. The number of nitrogens with zero attached hydrogens (tertiary/aromatic N) is 1. The molecule has 4 fully saturated rings. The van der Waals surface area contributed by atoms with Gasteiger partial charge in [0.1, 0.15) is 0 Å². The molecule has 25 heavy (non-hydrogen) atoms. The van der Waals surface area contributed by atoms with Crippen LogP contribution >= 0.6 is 0 Å². The highest BCUT2D eigenvalue weighted by Gasteiger charge is 2.48. The Morgan fingerprint density at radius 1 is 1.16 bits per heavy atom. The smallest absolute Gasteiger partial charge is 0.317 e. The van der Waals surface area contributed by atoms with Crippen LogP contribution < -0.4 is 4.72 Å². The van der Waals surface area contributed by atoms with E-state index >= 15 is 0 Å². The van der Waals surface area contributed by atoms with Crippen LogP contribution in [0.25, 0.3) is 0 Å². The van der Waals surface area contributed by atoms with E-state index in [4.69, 9.17) is 5.11 Å². The summed E-state index contributed by atoms with van der Waals surface area (Å²) in [6, 6.07) is 0.199. The molecule has 0 aromatic rings. The third kappa shape index (κ3) is 4.19. The lowest BCUT2D eigenvalue weighted by Crippen LogP contribution is -2.56. The number of carboxylic acid groups (broad SMARTS) is 1. The number of rotatable bonds is 9. The summed E-state index contributed by atoms with van der Waals surface area (Å²) in [5.74, 6) is 0.904. The number of carboxylic acids is 1. The molecule has 4 aliphatic carbocycles. The Hall–Kier alpha value is -0.660. The maximum atomic E-state index is 12.6. The van der Waals surface area contributed by atoms with Gasteiger partial charge in [-0.2, -0.15) is 0 Å². The molecule has 0 saturated heterocycles. The lowest BCUT2D eigenvalue weighted by atomic mass is 9.86. The van der Waals surface area contributed by atoms with Crippen LogP contribution in [0, 0.1) is 17.3 Å². The fourth-order valence-electron chi connectivity index (χ4n) is 5.34. The third-order valence-corrected chi connectivity index (χ3v) is 8.57. The lowest BCUT2D eigenvalue weighted by molar-refractivity contribution is -0.139. The zero-order valence-electron chi connectivity index (χ0n) is 14.8. The second kappa shape index (κ2) is 6.50. The quantitative estimate of drug-likeness (QED) is 0.646. The monoisotopic (exact) mass is 370 g/mol. The van der Waals surface area contributed by atoms with Gasteiger partial charge in [-0.1, -0.05) is 0 Å². The van der Waals surface area contributed by atoms with Gasteiger partial charge in [0.2, 0.25) is 10.0 Å². The van der Waals surface area contributed by atoms with Crippen molar-refractivity contribution in [2.24, 2.45) is 17.3 Å². The van der Waals surface area contributed by atoms with Crippen molar-refractivity contribution in [2.75, 3.05) is 18.8 Å². The molecule has 0 aromatic carbocycles. The van der Waals surface area contributed by atoms with Gasteiger partial charge in [0.25, 0.3) is 0 Å². The first-order valence-corrected chi connectivity index (χ1v) is 11.4. The van der Waals surface area contributed by atoms with Crippen molar-refractivity contribution in [2.45, 2.75) is 69.9 Å². The van der Waals surface area contributed by atoms with Gasteiger partial charge in [-0.25, -0.2) is 13.1 Å². The predicted molar refractivity (Wildman–Crippen MR) is 94.7 cm³/mol. The molecule has 0 spiro atoms. The molecule has 0 unspecified atom stereocenters.